The third-order valence-corrected chi connectivity index (χ3v) is 5.88. The quantitative estimate of drug-likeness (QED) is 0.384. The summed E-state index contributed by atoms with van der Waals surface area (Å²) in [6, 6.07) is 13.6. The highest BCUT2D eigenvalue weighted by Crippen LogP contribution is 2.26. The first-order valence-corrected chi connectivity index (χ1v) is 11.3. The summed E-state index contributed by atoms with van der Waals surface area (Å²) in [5.41, 5.74) is 1.38. The van der Waals surface area contributed by atoms with Gasteiger partial charge in [-0.25, -0.2) is 14.5 Å². The number of imidazole rings is 1. The van der Waals surface area contributed by atoms with E-state index in [4.69, 9.17) is 11.6 Å². The maximum Gasteiger partial charge on any atom is 0.416 e. The number of benzene rings is 2. The number of alkyl halides is 3. The van der Waals surface area contributed by atoms with Gasteiger partial charge in [-0.05, 0) is 43.2 Å². The van der Waals surface area contributed by atoms with E-state index in [1.54, 1.807) is 30.3 Å². The van der Waals surface area contributed by atoms with Crippen LogP contribution in [0.4, 0.5) is 13.2 Å². The van der Waals surface area contributed by atoms with Gasteiger partial charge < -0.3 is 10.2 Å². The Bertz CT molecular complexity index is 1420. The van der Waals surface area contributed by atoms with E-state index in [1.807, 2.05) is 25.1 Å². The molecule has 4 rings (SSSR count). The number of halogens is 4. The summed E-state index contributed by atoms with van der Waals surface area (Å²) >= 11 is 5.93. The second-order valence-electron chi connectivity index (χ2n) is 8.36. The molecule has 8 nitrogen and oxygen atoms in total. The fraction of sp³-hybridized carbons (Fsp3) is 0.292. The van der Waals surface area contributed by atoms with E-state index >= 15 is 0 Å². The molecule has 12 heteroatoms. The van der Waals surface area contributed by atoms with Crippen LogP contribution in [-0.2, 0) is 13.1 Å². The number of hydrogen-bond donors (Lipinski definition) is 2. The summed E-state index contributed by atoms with van der Waals surface area (Å²) < 4.78 is 42.8. The Hall–Kier alpha value is -3.41. The maximum absolute atomic E-state index is 13.2. The summed E-state index contributed by atoms with van der Waals surface area (Å²) in [4.78, 5) is 17.5. The molecule has 0 aliphatic heterocycles. The van der Waals surface area contributed by atoms with Crippen molar-refractivity contribution in [1.29, 1.82) is 0 Å². The summed E-state index contributed by atoms with van der Waals surface area (Å²) in [7, 11) is 0. The van der Waals surface area contributed by atoms with Gasteiger partial charge in [0.05, 0.1) is 24.5 Å². The van der Waals surface area contributed by atoms with Crippen LogP contribution in [0.1, 0.15) is 30.2 Å². The first-order valence-electron chi connectivity index (χ1n) is 11.0. The van der Waals surface area contributed by atoms with Crippen molar-refractivity contribution in [2.45, 2.75) is 45.3 Å². The van der Waals surface area contributed by atoms with Gasteiger partial charge in [0.1, 0.15) is 6.10 Å². The van der Waals surface area contributed by atoms with Crippen LogP contribution in [0.2, 0.25) is 5.02 Å². The van der Waals surface area contributed by atoms with Crippen LogP contribution >= 0.6 is 11.6 Å². The third-order valence-electron chi connectivity index (χ3n) is 5.62. The Labute approximate surface area is 208 Å². The highest BCUT2D eigenvalue weighted by Gasteiger charge is 2.39. The molecule has 0 aliphatic carbocycles. The molecule has 0 aliphatic rings. The summed E-state index contributed by atoms with van der Waals surface area (Å²) in [6.45, 7) is 2.24. The number of aliphatic hydroxyl groups excluding tert-OH is 2. The first kappa shape index (κ1) is 25.7. The average molecular weight is 522 g/mol. The molecule has 0 spiro atoms. The molecule has 0 bridgehead atoms. The molecule has 0 amide bonds. The standard InChI is InChI=1S/C24H23ClF3N5O3/c1-14-5-3-4-6-18(14)33-22(15(2)34)29-21(30-33)13-31-11-19(16-7-9-17(25)10-8-16)32(23(31)36)12-20(35)24(26,27)28/h3-11,15,20,34-35H,12-13H2,1-2H3. The normalized spacial score (nSPS) is 13.7. The lowest BCUT2D eigenvalue weighted by Gasteiger charge is -2.16. The largest absolute Gasteiger partial charge is 0.416 e. The Kier molecular flexibility index (Phi) is 7.07. The van der Waals surface area contributed by atoms with Crippen molar-refractivity contribution >= 4 is 11.6 Å². The molecule has 0 saturated heterocycles. The predicted molar refractivity (Wildman–Crippen MR) is 127 cm³/mol. The van der Waals surface area contributed by atoms with E-state index in [9.17, 15) is 28.2 Å². The molecule has 0 saturated carbocycles. The van der Waals surface area contributed by atoms with Gasteiger partial charge in [-0.3, -0.25) is 9.13 Å². The first-order chi connectivity index (χ1) is 17.0. The minimum Gasteiger partial charge on any atom is -0.385 e. The van der Waals surface area contributed by atoms with E-state index in [1.165, 1.54) is 17.8 Å². The minimum atomic E-state index is -4.90. The highest BCUT2D eigenvalue weighted by atomic mass is 35.5. The number of hydrogen-bond acceptors (Lipinski definition) is 5. The second kappa shape index (κ2) is 9.92. The smallest absolute Gasteiger partial charge is 0.385 e. The Morgan fingerprint density at radius 1 is 1.08 bits per heavy atom. The van der Waals surface area contributed by atoms with Gasteiger partial charge in [-0.2, -0.15) is 13.2 Å². The average Bonchev–Trinajstić information content (AvgIpc) is 3.36. The van der Waals surface area contributed by atoms with Crippen molar-refractivity contribution in [3.8, 4) is 16.9 Å². The summed E-state index contributed by atoms with van der Waals surface area (Å²) in [5, 5.41) is 24.8. The van der Waals surface area contributed by atoms with Crippen molar-refractivity contribution in [1.82, 2.24) is 23.9 Å². The lowest BCUT2D eigenvalue weighted by Crippen LogP contribution is -2.37. The summed E-state index contributed by atoms with van der Waals surface area (Å²) in [6.07, 6.45) is -7.24. The van der Waals surface area contributed by atoms with Gasteiger partial charge >= 0.3 is 11.9 Å². The molecular formula is C24H23ClF3N5O3. The molecule has 2 aromatic heterocycles. The molecule has 0 fully saturated rings. The number of rotatable bonds is 7. The monoisotopic (exact) mass is 521 g/mol. The number of nitrogens with zero attached hydrogens (tertiary/aromatic N) is 5. The van der Waals surface area contributed by atoms with E-state index in [0.29, 0.717) is 16.3 Å². The number of aryl methyl sites for hydroxylation is 1. The van der Waals surface area contributed by atoms with Crippen LogP contribution in [0.25, 0.3) is 16.9 Å². The topological polar surface area (TPSA) is 98.1 Å². The van der Waals surface area contributed by atoms with Crippen molar-refractivity contribution in [3.63, 3.8) is 0 Å². The Balaban J connectivity index is 1.78. The molecule has 190 valence electrons. The lowest BCUT2D eigenvalue weighted by molar-refractivity contribution is -0.207. The van der Waals surface area contributed by atoms with Crippen molar-refractivity contribution < 1.29 is 23.4 Å². The van der Waals surface area contributed by atoms with Gasteiger partial charge in [0, 0.05) is 11.2 Å². The van der Waals surface area contributed by atoms with Gasteiger partial charge in [0.15, 0.2) is 17.8 Å². The van der Waals surface area contributed by atoms with Crippen LogP contribution < -0.4 is 5.69 Å². The zero-order valence-corrected chi connectivity index (χ0v) is 20.1. The fourth-order valence-electron chi connectivity index (χ4n) is 3.78. The highest BCUT2D eigenvalue weighted by molar-refractivity contribution is 6.30. The van der Waals surface area contributed by atoms with Gasteiger partial charge in [0.25, 0.3) is 0 Å². The zero-order valence-electron chi connectivity index (χ0n) is 19.3. The lowest BCUT2D eigenvalue weighted by atomic mass is 10.1. The van der Waals surface area contributed by atoms with Gasteiger partial charge in [-0.1, -0.05) is 41.9 Å². The molecule has 2 aromatic carbocycles. The van der Waals surface area contributed by atoms with Gasteiger partial charge in [0.2, 0.25) is 0 Å². The second-order valence-corrected chi connectivity index (χ2v) is 8.80. The van der Waals surface area contributed by atoms with E-state index in [0.717, 1.165) is 14.7 Å². The molecule has 36 heavy (non-hydrogen) atoms. The van der Waals surface area contributed by atoms with E-state index in [-0.39, 0.29) is 23.9 Å². The molecule has 2 unspecified atom stereocenters. The van der Waals surface area contributed by atoms with Gasteiger partial charge in [-0.15, -0.1) is 5.10 Å². The molecule has 0 radical (unpaired) electrons. The Morgan fingerprint density at radius 2 is 1.75 bits per heavy atom. The van der Waals surface area contributed by atoms with Crippen LogP contribution in [-0.4, -0.2) is 46.4 Å². The van der Waals surface area contributed by atoms with Crippen molar-refractivity contribution in [2.75, 3.05) is 0 Å². The number of aliphatic hydroxyl groups is 2. The fourth-order valence-corrected chi connectivity index (χ4v) is 3.91. The van der Waals surface area contributed by atoms with Crippen LogP contribution in [0, 0.1) is 6.92 Å². The van der Waals surface area contributed by atoms with Crippen LogP contribution in [0.5, 0.6) is 0 Å². The maximum atomic E-state index is 13.2. The third kappa shape index (κ3) is 5.23. The predicted octanol–water partition coefficient (Wildman–Crippen LogP) is 3.88. The van der Waals surface area contributed by atoms with Crippen LogP contribution in [0.3, 0.4) is 0 Å². The molecule has 2 atom stereocenters. The molecular weight excluding hydrogens is 499 g/mol. The zero-order chi connectivity index (χ0) is 26.2. The van der Waals surface area contributed by atoms with E-state index < -0.39 is 30.6 Å². The van der Waals surface area contributed by atoms with E-state index in [2.05, 4.69) is 10.1 Å². The molecule has 4 aromatic rings. The number of para-hydroxylation sites is 1. The Morgan fingerprint density at radius 3 is 2.36 bits per heavy atom. The SMILES string of the molecule is Cc1ccccc1-n1nc(Cn2cc(-c3ccc(Cl)cc3)n(CC(O)C(F)(F)F)c2=O)nc1C(C)O. The molecule has 2 N–H and O–H groups in total. The van der Waals surface area contributed by atoms with Crippen molar-refractivity contribution in [3.05, 3.63) is 87.4 Å². The van der Waals surface area contributed by atoms with Crippen LogP contribution in [0.15, 0.2) is 59.5 Å². The summed E-state index contributed by atoms with van der Waals surface area (Å²) in [5.74, 6) is 0.421. The number of aromatic nitrogens is 5. The molecule has 2 heterocycles. The van der Waals surface area contributed by atoms with Crippen molar-refractivity contribution in [2.24, 2.45) is 0 Å². The minimum absolute atomic E-state index is 0.161.